The van der Waals surface area contributed by atoms with E-state index in [0.717, 1.165) is 5.56 Å². The van der Waals surface area contributed by atoms with Crippen LogP contribution in [0.2, 0.25) is 0 Å². The Bertz CT molecular complexity index is 498. The van der Waals surface area contributed by atoms with Crippen LogP contribution in [0.5, 0.6) is 0 Å². The molecule has 21 heavy (non-hydrogen) atoms. The number of hydrogen-bond acceptors (Lipinski definition) is 2. The van der Waals surface area contributed by atoms with Gasteiger partial charge in [0.1, 0.15) is 6.04 Å². The average molecular weight is 292 g/mol. The first-order chi connectivity index (χ1) is 9.79. The highest BCUT2D eigenvalue weighted by Crippen LogP contribution is 2.18. The van der Waals surface area contributed by atoms with E-state index in [1.54, 1.807) is 6.07 Å². The highest BCUT2D eigenvalue weighted by atomic mass is 16.4. The fraction of sp³-hybridized carbons (Fsp3) is 0.500. The lowest BCUT2D eigenvalue weighted by Gasteiger charge is -2.17. The molecule has 116 valence electrons. The number of benzene rings is 1. The molecule has 0 radical (unpaired) electrons. The molecule has 0 bridgehead atoms. The molecule has 0 aromatic heterocycles. The summed E-state index contributed by atoms with van der Waals surface area (Å²) in [6, 6.07) is 6.16. The van der Waals surface area contributed by atoms with Crippen molar-refractivity contribution in [2.24, 2.45) is 5.92 Å². The second-order valence-electron chi connectivity index (χ2n) is 5.90. The van der Waals surface area contributed by atoms with Crippen molar-refractivity contribution in [1.29, 1.82) is 0 Å². The van der Waals surface area contributed by atoms with Crippen molar-refractivity contribution in [3.63, 3.8) is 0 Å². The Morgan fingerprint density at radius 3 is 2.38 bits per heavy atom. The first-order valence-electron chi connectivity index (χ1n) is 7.20. The van der Waals surface area contributed by atoms with E-state index in [1.807, 2.05) is 32.0 Å². The van der Waals surface area contributed by atoms with Gasteiger partial charge < -0.3 is 15.7 Å². The van der Waals surface area contributed by atoms with Gasteiger partial charge in [0.2, 0.25) is 0 Å². The van der Waals surface area contributed by atoms with E-state index in [1.165, 1.54) is 0 Å². The molecular formula is C16H24N2O3. The Hall–Kier alpha value is -2.04. The standard InChI is InChI=1S/C16H24N2O3/c1-10(2)8-14(15(19)20)18-16(21)17-13-7-5-6-12(9-13)11(3)4/h5-7,9-11,14H,8H2,1-4H3,(H,19,20)(H2,17,18,21). The molecule has 0 saturated heterocycles. The van der Waals surface area contributed by atoms with Gasteiger partial charge in [-0.2, -0.15) is 0 Å². The van der Waals surface area contributed by atoms with Crippen molar-refractivity contribution >= 4 is 17.7 Å². The summed E-state index contributed by atoms with van der Waals surface area (Å²) in [5, 5.41) is 14.3. The summed E-state index contributed by atoms with van der Waals surface area (Å²) in [7, 11) is 0. The number of carbonyl (C=O) groups is 2. The zero-order valence-corrected chi connectivity index (χ0v) is 13.0. The van der Waals surface area contributed by atoms with Crippen molar-refractivity contribution in [1.82, 2.24) is 5.32 Å². The molecule has 0 aliphatic rings. The third-order valence-corrected chi connectivity index (χ3v) is 3.12. The van der Waals surface area contributed by atoms with Gasteiger partial charge >= 0.3 is 12.0 Å². The number of carbonyl (C=O) groups excluding carboxylic acids is 1. The van der Waals surface area contributed by atoms with Crippen LogP contribution in [0.25, 0.3) is 0 Å². The van der Waals surface area contributed by atoms with E-state index in [-0.39, 0.29) is 5.92 Å². The number of amides is 2. The van der Waals surface area contributed by atoms with Crippen LogP contribution in [-0.2, 0) is 4.79 Å². The number of nitrogens with one attached hydrogen (secondary N) is 2. The van der Waals surface area contributed by atoms with E-state index in [4.69, 9.17) is 5.11 Å². The van der Waals surface area contributed by atoms with E-state index in [9.17, 15) is 9.59 Å². The molecule has 2 amide bonds. The molecule has 1 unspecified atom stereocenters. The van der Waals surface area contributed by atoms with Gasteiger partial charge in [0.15, 0.2) is 0 Å². The Kier molecular flexibility index (Phi) is 6.21. The predicted octanol–water partition coefficient (Wildman–Crippen LogP) is 3.43. The Morgan fingerprint density at radius 1 is 1.19 bits per heavy atom. The lowest BCUT2D eigenvalue weighted by atomic mass is 10.0. The van der Waals surface area contributed by atoms with Crippen LogP contribution in [0.1, 0.15) is 45.6 Å². The van der Waals surface area contributed by atoms with Crippen LogP contribution in [0.15, 0.2) is 24.3 Å². The summed E-state index contributed by atoms with van der Waals surface area (Å²) in [6.07, 6.45) is 0.398. The van der Waals surface area contributed by atoms with Crippen LogP contribution in [-0.4, -0.2) is 23.1 Å². The number of hydrogen-bond donors (Lipinski definition) is 3. The number of rotatable bonds is 6. The maximum absolute atomic E-state index is 11.9. The minimum Gasteiger partial charge on any atom is -0.480 e. The van der Waals surface area contributed by atoms with E-state index >= 15 is 0 Å². The molecule has 1 aromatic rings. The lowest BCUT2D eigenvalue weighted by Crippen LogP contribution is -2.43. The van der Waals surface area contributed by atoms with Crippen molar-refractivity contribution in [3.8, 4) is 0 Å². The molecule has 0 aliphatic carbocycles. The van der Waals surface area contributed by atoms with Gasteiger partial charge in [-0.1, -0.05) is 39.8 Å². The zero-order chi connectivity index (χ0) is 16.0. The molecule has 0 heterocycles. The number of anilines is 1. The van der Waals surface area contributed by atoms with E-state index in [0.29, 0.717) is 18.0 Å². The van der Waals surface area contributed by atoms with Gasteiger partial charge in [-0.05, 0) is 36.0 Å². The molecule has 0 saturated carbocycles. The first-order valence-corrected chi connectivity index (χ1v) is 7.20. The summed E-state index contributed by atoms with van der Waals surface area (Å²) in [5.41, 5.74) is 1.78. The van der Waals surface area contributed by atoms with Crippen molar-refractivity contribution in [2.75, 3.05) is 5.32 Å². The molecule has 0 aliphatic heterocycles. The quantitative estimate of drug-likeness (QED) is 0.751. The van der Waals surface area contributed by atoms with Gasteiger partial charge in [-0.15, -0.1) is 0 Å². The molecule has 5 heteroatoms. The minimum atomic E-state index is -1.02. The Morgan fingerprint density at radius 2 is 1.86 bits per heavy atom. The largest absolute Gasteiger partial charge is 0.480 e. The van der Waals surface area contributed by atoms with Gasteiger partial charge in [0.05, 0.1) is 0 Å². The third-order valence-electron chi connectivity index (χ3n) is 3.12. The second kappa shape index (κ2) is 7.67. The molecular weight excluding hydrogens is 268 g/mol. The molecule has 1 rings (SSSR count). The van der Waals surface area contributed by atoms with Crippen molar-refractivity contribution in [2.45, 2.75) is 46.1 Å². The zero-order valence-electron chi connectivity index (χ0n) is 13.0. The predicted molar refractivity (Wildman–Crippen MR) is 83.6 cm³/mol. The third kappa shape index (κ3) is 5.85. The topological polar surface area (TPSA) is 78.4 Å². The molecule has 5 nitrogen and oxygen atoms in total. The number of urea groups is 1. The maximum Gasteiger partial charge on any atom is 0.326 e. The molecule has 1 aromatic carbocycles. The average Bonchev–Trinajstić information content (AvgIpc) is 2.37. The van der Waals surface area contributed by atoms with Crippen LogP contribution in [0.3, 0.4) is 0 Å². The fourth-order valence-corrected chi connectivity index (χ4v) is 1.99. The van der Waals surface area contributed by atoms with Gasteiger partial charge in [0, 0.05) is 5.69 Å². The first kappa shape index (κ1) is 17.0. The van der Waals surface area contributed by atoms with E-state index < -0.39 is 18.0 Å². The number of carboxylic acids is 1. The van der Waals surface area contributed by atoms with Crippen LogP contribution >= 0.6 is 0 Å². The van der Waals surface area contributed by atoms with Crippen molar-refractivity contribution < 1.29 is 14.7 Å². The molecule has 3 N–H and O–H groups in total. The number of carboxylic acid groups (broad SMARTS) is 1. The summed E-state index contributed by atoms with van der Waals surface area (Å²) >= 11 is 0. The van der Waals surface area contributed by atoms with Gasteiger partial charge in [-0.3, -0.25) is 0 Å². The summed E-state index contributed by atoms with van der Waals surface area (Å²) in [6.45, 7) is 7.98. The molecule has 0 fully saturated rings. The minimum absolute atomic E-state index is 0.190. The van der Waals surface area contributed by atoms with Crippen LogP contribution in [0.4, 0.5) is 10.5 Å². The number of aliphatic carboxylic acids is 1. The Balaban J connectivity index is 2.67. The van der Waals surface area contributed by atoms with Gasteiger partial charge in [-0.25, -0.2) is 9.59 Å². The highest BCUT2D eigenvalue weighted by molar-refractivity contribution is 5.92. The van der Waals surface area contributed by atoms with E-state index in [2.05, 4.69) is 24.5 Å². The Labute approximate surface area is 125 Å². The monoisotopic (exact) mass is 292 g/mol. The molecule has 0 spiro atoms. The van der Waals surface area contributed by atoms with Gasteiger partial charge in [0.25, 0.3) is 0 Å². The maximum atomic E-state index is 11.9. The SMILES string of the molecule is CC(C)CC(NC(=O)Nc1cccc(C(C)C)c1)C(=O)O. The molecule has 1 atom stereocenters. The normalized spacial score (nSPS) is 12.3. The van der Waals surface area contributed by atoms with Crippen molar-refractivity contribution in [3.05, 3.63) is 29.8 Å². The second-order valence-corrected chi connectivity index (χ2v) is 5.90. The fourth-order valence-electron chi connectivity index (χ4n) is 1.99. The van der Waals surface area contributed by atoms with Crippen LogP contribution < -0.4 is 10.6 Å². The van der Waals surface area contributed by atoms with Crippen LogP contribution in [0, 0.1) is 5.92 Å². The lowest BCUT2D eigenvalue weighted by molar-refractivity contribution is -0.139. The summed E-state index contributed by atoms with van der Waals surface area (Å²) in [4.78, 5) is 23.0. The summed E-state index contributed by atoms with van der Waals surface area (Å²) in [5.74, 6) is -0.465. The summed E-state index contributed by atoms with van der Waals surface area (Å²) < 4.78 is 0. The smallest absolute Gasteiger partial charge is 0.326 e. The highest BCUT2D eigenvalue weighted by Gasteiger charge is 2.21.